The van der Waals surface area contributed by atoms with E-state index in [0.717, 1.165) is 19.5 Å². The van der Waals surface area contributed by atoms with Crippen LogP contribution in [0.15, 0.2) is 0 Å². The van der Waals surface area contributed by atoms with Gasteiger partial charge in [0.15, 0.2) is 0 Å². The smallest absolute Gasteiger partial charge is 0.320 e. The molecule has 0 saturated carbocycles. The van der Waals surface area contributed by atoms with Crippen molar-refractivity contribution < 1.29 is 15.0 Å². The lowest BCUT2D eigenvalue weighted by Crippen LogP contribution is -2.57. The van der Waals surface area contributed by atoms with E-state index >= 15 is 0 Å². The monoisotopic (exact) mass is 258 g/mol. The van der Waals surface area contributed by atoms with E-state index in [9.17, 15) is 9.90 Å². The first-order valence-electron chi connectivity index (χ1n) is 6.80. The second-order valence-corrected chi connectivity index (χ2v) is 5.63. The molecule has 0 amide bonds. The molecule has 1 rings (SSSR count). The number of hydrogen-bond donors (Lipinski definition) is 3. The third-order valence-electron chi connectivity index (χ3n) is 3.60. The van der Waals surface area contributed by atoms with Gasteiger partial charge < -0.3 is 15.5 Å². The summed E-state index contributed by atoms with van der Waals surface area (Å²) in [6.07, 6.45) is 1.26. The van der Waals surface area contributed by atoms with E-state index in [2.05, 4.69) is 19.2 Å². The lowest BCUT2D eigenvalue weighted by molar-refractivity contribution is -0.149. The first kappa shape index (κ1) is 15.4. The third kappa shape index (κ3) is 4.55. The molecule has 0 radical (unpaired) electrons. The van der Waals surface area contributed by atoms with E-state index < -0.39 is 18.1 Å². The number of β-amino-alcohol motifs (C(OH)–C–C–N with tert-alkyl or cyclic N) is 1. The van der Waals surface area contributed by atoms with Crippen LogP contribution in [0.2, 0.25) is 0 Å². The fraction of sp³-hybridized carbons (Fsp3) is 0.923. The van der Waals surface area contributed by atoms with Crippen molar-refractivity contribution in [2.24, 2.45) is 5.92 Å². The molecule has 0 spiro atoms. The Morgan fingerprint density at radius 3 is 2.56 bits per heavy atom. The van der Waals surface area contributed by atoms with Crippen molar-refractivity contribution in [2.75, 3.05) is 19.6 Å². The van der Waals surface area contributed by atoms with Gasteiger partial charge in [-0.3, -0.25) is 9.69 Å². The highest BCUT2D eigenvalue weighted by atomic mass is 16.4. The predicted octanol–water partition coefficient (Wildman–Crippen LogP) is 0.530. The van der Waals surface area contributed by atoms with Crippen LogP contribution >= 0.6 is 0 Å². The van der Waals surface area contributed by atoms with Crippen molar-refractivity contribution in [1.82, 2.24) is 10.2 Å². The minimum Gasteiger partial charge on any atom is -0.480 e. The molecule has 0 aliphatic carbocycles. The summed E-state index contributed by atoms with van der Waals surface area (Å²) in [6, 6.07) is -0.402. The third-order valence-corrected chi connectivity index (χ3v) is 3.60. The van der Waals surface area contributed by atoms with Gasteiger partial charge in [-0.2, -0.15) is 0 Å². The number of rotatable bonds is 8. The van der Waals surface area contributed by atoms with Crippen LogP contribution < -0.4 is 5.32 Å². The summed E-state index contributed by atoms with van der Waals surface area (Å²) in [5, 5.41) is 22.2. The number of likely N-dealkylation sites (tertiary alicyclic amines) is 1. The van der Waals surface area contributed by atoms with Crippen LogP contribution in [0.3, 0.4) is 0 Å². The first-order valence-corrected chi connectivity index (χ1v) is 6.80. The van der Waals surface area contributed by atoms with E-state index in [-0.39, 0.29) is 6.04 Å². The van der Waals surface area contributed by atoms with Gasteiger partial charge in [0.05, 0.1) is 6.10 Å². The Morgan fingerprint density at radius 1 is 1.44 bits per heavy atom. The Morgan fingerprint density at radius 2 is 2.11 bits per heavy atom. The largest absolute Gasteiger partial charge is 0.480 e. The lowest BCUT2D eigenvalue weighted by Gasteiger charge is -2.40. The summed E-state index contributed by atoms with van der Waals surface area (Å²) in [4.78, 5) is 12.7. The highest BCUT2D eigenvalue weighted by Crippen LogP contribution is 2.18. The lowest BCUT2D eigenvalue weighted by atomic mass is 10.0. The number of nitrogens with zero attached hydrogens (tertiary/aromatic N) is 1. The quantitative estimate of drug-likeness (QED) is 0.592. The maximum atomic E-state index is 10.9. The fourth-order valence-corrected chi connectivity index (χ4v) is 2.07. The topological polar surface area (TPSA) is 72.8 Å². The van der Waals surface area contributed by atoms with Crippen molar-refractivity contribution in [3.63, 3.8) is 0 Å². The van der Waals surface area contributed by atoms with Crippen LogP contribution in [0.4, 0.5) is 0 Å². The molecule has 1 heterocycles. The number of carboxylic acid groups (broad SMARTS) is 1. The van der Waals surface area contributed by atoms with Crippen LogP contribution in [-0.2, 0) is 4.79 Å². The molecule has 18 heavy (non-hydrogen) atoms. The van der Waals surface area contributed by atoms with Crippen LogP contribution in [0.25, 0.3) is 0 Å². The molecule has 1 aliphatic heterocycles. The molecule has 3 atom stereocenters. The van der Waals surface area contributed by atoms with Gasteiger partial charge in [-0.15, -0.1) is 0 Å². The van der Waals surface area contributed by atoms with Gasteiger partial charge in [0.1, 0.15) is 6.04 Å². The summed E-state index contributed by atoms with van der Waals surface area (Å²) >= 11 is 0. The van der Waals surface area contributed by atoms with Gasteiger partial charge in [-0.05, 0) is 32.2 Å². The number of carbonyl (C=O) groups is 1. The van der Waals surface area contributed by atoms with Crippen molar-refractivity contribution in [3.8, 4) is 0 Å². The molecule has 0 aromatic heterocycles. The van der Waals surface area contributed by atoms with E-state index in [1.807, 2.05) is 11.8 Å². The van der Waals surface area contributed by atoms with Gasteiger partial charge in [-0.25, -0.2) is 0 Å². The Hall–Kier alpha value is -0.650. The van der Waals surface area contributed by atoms with E-state index in [0.29, 0.717) is 18.9 Å². The molecule has 1 saturated heterocycles. The van der Waals surface area contributed by atoms with Crippen LogP contribution in [0.5, 0.6) is 0 Å². The van der Waals surface area contributed by atoms with Crippen molar-refractivity contribution in [3.05, 3.63) is 0 Å². The molecular formula is C13H26N2O3. The van der Waals surface area contributed by atoms with Crippen LogP contribution in [0.1, 0.15) is 33.6 Å². The van der Waals surface area contributed by atoms with Gasteiger partial charge in [0.2, 0.25) is 0 Å². The maximum Gasteiger partial charge on any atom is 0.320 e. The van der Waals surface area contributed by atoms with Crippen LogP contribution in [-0.4, -0.2) is 58.9 Å². The van der Waals surface area contributed by atoms with Crippen LogP contribution in [0, 0.1) is 5.92 Å². The zero-order chi connectivity index (χ0) is 13.7. The zero-order valence-corrected chi connectivity index (χ0v) is 11.6. The molecular weight excluding hydrogens is 232 g/mol. The van der Waals surface area contributed by atoms with E-state index in [1.165, 1.54) is 0 Å². The molecule has 0 unspecified atom stereocenters. The molecule has 0 aromatic carbocycles. The molecule has 1 fully saturated rings. The van der Waals surface area contributed by atoms with Crippen molar-refractivity contribution in [1.29, 1.82) is 0 Å². The number of nitrogens with one attached hydrogen (secondary N) is 1. The summed E-state index contributed by atoms with van der Waals surface area (Å²) in [6.45, 7) is 8.37. The number of aliphatic carboxylic acids is 1. The number of carboxylic acids is 1. The molecule has 0 bridgehead atoms. The minimum absolute atomic E-state index is 0.00112. The molecule has 3 N–H and O–H groups in total. The maximum absolute atomic E-state index is 10.9. The predicted molar refractivity (Wildman–Crippen MR) is 70.5 cm³/mol. The SMILES string of the molecule is CC(C)CCN[C@H](C)[C@H](O)CN1CC[C@H]1C(=O)O. The Labute approximate surface area is 109 Å². The summed E-state index contributed by atoms with van der Waals surface area (Å²) in [5.41, 5.74) is 0. The Bertz CT molecular complexity index is 271. The fourth-order valence-electron chi connectivity index (χ4n) is 2.07. The highest BCUT2D eigenvalue weighted by molar-refractivity contribution is 5.74. The number of aliphatic hydroxyl groups is 1. The molecule has 0 aromatic rings. The molecule has 5 nitrogen and oxygen atoms in total. The first-order chi connectivity index (χ1) is 8.41. The molecule has 106 valence electrons. The second-order valence-electron chi connectivity index (χ2n) is 5.63. The molecule has 1 aliphatic rings. The zero-order valence-electron chi connectivity index (χ0n) is 11.6. The number of hydrogen-bond acceptors (Lipinski definition) is 4. The summed E-state index contributed by atoms with van der Waals surface area (Å²) < 4.78 is 0. The Balaban J connectivity index is 2.23. The number of aliphatic hydroxyl groups excluding tert-OH is 1. The normalized spacial score (nSPS) is 23.7. The van der Waals surface area contributed by atoms with Gasteiger partial charge in [0.25, 0.3) is 0 Å². The van der Waals surface area contributed by atoms with Gasteiger partial charge in [-0.1, -0.05) is 13.8 Å². The highest BCUT2D eigenvalue weighted by Gasteiger charge is 2.35. The summed E-state index contributed by atoms with van der Waals surface area (Å²) in [5.74, 6) is -0.137. The van der Waals surface area contributed by atoms with Crippen molar-refractivity contribution in [2.45, 2.75) is 51.8 Å². The minimum atomic E-state index is -0.783. The summed E-state index contributed by atoms with van der Waals surface area (Å²) in [7, 11) is 0. The average Bonchev–Trinajstić information content (AvgIpc) is 2.22. The molecule has 5 heteroatoms. The Kier molecular flexibility index (Phi) is 6.05. The average molecular weight is 258 g/mol. The van der Waals surface area contributed by atoms with Gasteiger partial charge in [0, 0.05) is 19.1 Å². The second kappa shape index (κ2) is 7.07. The van der Waals surface area contributed by atoms with E-state index in [4.69, 9.17) is 5.11 Å². The van der Waals surface area contributed by atoms with Crippen molar-refractivity contribution >= 4 is 5.97 Å². The standard InChI is InChI=1S/C13H26N2O3/c1-9(2)4-6-14-10(3)12(16)8-15-7-5-11(15)13(17)18/h9-12,14,16H,4-8H2,1-3H3,(H,17,18)/t10-,11+,12-/m1/s1. The van der Waals surface area contributed by atoms with Gasteiger partial charge >= 0.3 is 5.97 Å². The van der Waals surface area contributed by atoms with E-state index in [1.54, 1.807) is 0 Å².